The van der Waals surface area contributed by atoms with Crippen LogP contribution in [-0.2, 0) is 14.8 Å². The van der Waals surface area contributed by atoms with Crippen LogP contribution in [0.25, 0.3) is 0 Å². The predicted octanol–water partition coefficient (Wildman–Crippen LogP) is 2.36. The maximum atomic E-state index is 12.4. The van der Waals surface area contributed by atoms with Crippen LogP contribution in [-0.4, -0.2) is 27.4 Å². The second-order valence-electron chi connectivity index (χ2n) is 6.65. The lowest BCUT2D eigenvalue weighted by Gasteiger charge is -2.25. The molecule has 1 aromatic rings. The van der Waals surface area contributed by atoms with E-state index in [1.165, 1.54) is 12.1 Å². The second-order valence-corrected chi connectivity index (χ2v) is 8.42. The summed E-state index contributed by atoms with van der Waals surface area (Å²) >= 11 is 0. The van der Waals surface area contributed by atoms with Crippen LogP contribution in [0.15, 0.2) is 29.2 Å². The molecule has 6 nitrogen and oxygen atoms in total. The SMILES string of the molecule is CC(C)CC(C)(C)C(=O)Nc1cccc(S(=O)(=O)NCCN)c1.Cl. The normalized spacial score (nSPS) is 11.9. The lowest BCUT2D eigenvalue weighted by molar-refractivity contribution is -0.124. The number of carbonyl (C=O) groups is 1. The van der Waals surface area contributed by atoms with Crippen molar-refractivity contribution in [2.24, 2.45) is 17.1 Å². The fraction of sp³-hybridized carbons (Fsp3) is 0.562. The van der Waals surface area contributed by atoms with Crippen molar-refractivity contribution in [3.8, 4) is 0 Å². The molecule has 0 bridgehead atoms. The highest BCUT2D eigenvalue weighted by Crippen LogP contribution is 2.27. The lowest BCUT2D eigenvalue weighted by atomic mass is 9.83. The van der Waals surface area contributed by atoms with Gasteiger partial charge in [0.05, 0.1) is 4.90 Å². The molecule has 4 N–H and O–H groups in total. The van der Waals surface area contributed by atoms with Gasteiger partial charge in [-0.25, -0.2) is 13.1 Å². The maximum absolute atomic E-state index is 12.4. The van der Waals surface area contributed by atoms with Crippen LogP contribution < -0.4 is 15.8 Å². The molecule has 0 saturated heterocycles. The molecule has 0 unspecified atom stereocenters. The predicted molar refractivity (Wildman–Crippen MR) is 99.8 cm³/mol. The molecular weight excluding hydrogens is 350 g/mol. The smallest absolute Gasteiger partial charge is 0.240 e. The third kappa shape index (κ3) is 6.76. The van der Waals surface area contributed by atoms with E-state index >= 15 is 0 Å². The first kappa shape index (κ1) is 22.9. The number of nitrogens with two attached hydrogens (primary N) is 1. The Morgan fingerprint density at radius 1 is 1.29 bits per heavy atom. The van der Waals surface area contributed by atoms with Gasteiger partial charge in [-0.2, -0.15) is 0 Å². The number of nitrogens with one attached hydrogen (secondary N) is 2. The number of rotatable bonds is 8. The zero-order valence-electron chi connectivity index (χ0n) is 14.6. The lowest BCUT2D eigenvalue weighted by Crippen LogP contribution is -2.32. The first-order valence-corrected chi connectivity index (χ1v) is 9.18. The molecule has 138 valence electrons. The number of benzene rings is 1. The van der Waals surface area contributed by atoms with E-state index in [2.05, 4.69) is 23.9 Å². The Morgan fingerprint density at radius 3 is 2.46 bits per heavy atom. The molecule has 24 heavy (non-hydrogen) atoms. The summed E-state index contributed by atoms with van der Waals surface area (Å²) < 4.78 is 26.6. The maximum Gasteiger partial charge on any atom is 0.240 e. The van der Waals surface area contributed by atoms with Crippen molar-refractivity contribution >= 4 is 34.0 Å². The van der Waals surface area contributed by atoms with Gasteiger partial charge in [-0.05, 0) is 30.5 Å². The molecular formula is C16H28ClN3O3S. The zero-order valence-corrected chi connectivity index (χ0v) is 16.3. The van der Waals surface area contributed by atoms with Gasteiger partial charge >= 0.3 is 0 Å². The molecule has 1 rings (SSSR count). The third-order valence-corrected chi connectivity index (χ3v) is 4.83. The van der Waals surface area contributed by atoms with Gasteiger partial charge in [0.25, 0.3) is 0 Å². The van der Waals surface area contributed by atoms with Gasteiger partial charge < -0.3 is 11.1 Å². The average Bonchev–Trinajstić information content (AvgIpc) is 2.44. The van der Waals surface area contributed by atoms with E-state index in [4.69, 9.17) is 5.73 Å². The molecule has 0 aliphatic rings. The van der Waals surface area contributed by atoms with Crippen LogP contribution >= 0.6 is 12.4 Å². The van der Waals surface area contributed by atoms with Crippen molar-refractivity contribution in [2.75, 3.05) is 18.4 Å². The highest BCUT2D eigenvalue weighted by Gasteiger charge is 2.28. The minimum atomic E-state index is -3.62. The van der Waals surface area contributed by atoms with E-state index in [1.54, 1.807) is 12.1 Å². The molecule has 0 spiro atoms. The van der Waals surface area contributed by atoms with Gasteiger partial charge in [0.15, 0.2) is 0 Å². The summed E-state index contributed by atoms with van der Waals surface area (Å²) in [5.74, 6) is 0.263. The largest absolute Gasteiger partial charge is 0.329 e. The fourth-order valence-corrected chi connectivity index (χ4v) is 3.52. The Kier molecular flexibility index (Phi) is 8.91. The fourth-order valence-electron chi connectivity index (χ4n) is 2.43. The molecule has 0 atom stereocenters. The Labute approximate surface area is 151 Å². The number of amides is 1. The summed E-state index contributed by atoms with van der Waals surface area (Å²) in [5, 5.41) is 2.80. The van der Waals surface area contributed by atoms with Crippen molar-refractivity contribution in [1.29, 1.82) is 0 Å². The zero-order chi connectivity index (χ0) is 17.7. The van der Waals surface area contributed by atoms with E-state index in [0.29, 0.717) is 11.6 Å². The van der Waals surface area contributed by atoms with Crippen LogP contribution in [0.2, 0.25) is 0 Å². The summed E-state index contributed by atoms with van der Waals surface area (Å²) in [4.78, 5) is 12.5. The van der Waals surface area contributed by atoms with Crippen molar-refractivity contribution in [1.82, 2.24) is 4.72 Å². The van der Waals surface area contributed by atoms with Gasteiger partial charge in [-0.15, -0.1) is 12.4 Å². The summed E-state index contributed by atoms with van der Waals surface area (Å²) in [6.45, 7) is 8.27. The van der Waals surface area contributed by atoms with Crippen molar-refractivity contribution < 1.29 is 13.2 Å². The molecule has 0 aromatic heterocycles. The number of sulfonamides is 1. The Hall–Kier alpha value is -1.15. The first-order valence-electron chi connectivity index (χ1n) is 7.70. The Balaban J connectivity index is 0.00000529. The van der Waals surface area contributed by atoms with Gasteiger partial charge in [0.1, 0.15) is 0 Å². The van der Waals surface area contributed by atoms with Crippen LogP contribution in [0.1, 0.15) is 34.1 Å². The molecule has 0 saturated carbocycles. The van der Waals surface area contributed by atoms with Gasteiger partial charge in [0.2, 0.25) is 15.9 Å². The molecule has 0 radical (unpaired) electrons. The summed E-state index contributed by atoms with van der Waals surface area (Å²) in [7, 11) is -3.62. The van der Waals surface area contributed by atoms with Gasteiger partial charge in [-0.3, -0.25) is 4.79 Å². The molecule has 1 aromatic carbocycles. The minimum Gasteiger partial charge on any atom is -0.329 e. The topological polar surface area (TPSA) is 101 Å². The van der Waals surface area contributed by atoms with E-state index in [1.807, 2.05) is 13.8 Å². The monoisotopic (exact) mass is 377 g/mol. The number of hydrogen-bond donors (Lipinski definition) is 3. The third-order valence-electron chi connectivity index (χ3n) is 3.37. The van der Waals surface area contributed by atoms with Crippen molar-refractivity contribution in [3.63, 3.8) is 0 Å². The van der Waals surface area contributed by atoms with E-state index < -0.39 is 15.4 Å². The molecule has 0 fully saturated rings. The molecule has 1 amide bonds. The van der Waals surface area contributed by atoms with Crippen LogP contribution in [0.4, 0.5) is 5.69 Å². The highest BCUT2D eigenvalue weighted by molar-refractivity contribution is 7.89. The van der Waals surface area contributed by atoms with E-state index in [9.17, 15) is 13.2 Å². The number of carbonyl (C=O) groups excluding carboxylic acids is 1. The first-order chi connectivity index (χ1) is 10.6. The summed E-state index contributed by atoms with van der Waals surface area (Å²) in [5.41, 5.74) is 5.25. The molecule has 8 heteroatoms. The summed E-state index contributed by atoms with van der Waals surface area (Å²) in [6.07, 6.45) is 0.745. The number of halogens is 1. The second kappa shape index (κ2) is 9.36. The minimum absolute atomic E-state index is 0. The Bertz CT molecular complexity index is 646. The van der Waals surface area contributed by atoms with E-state index in [-0.39, 0.29) is 36.3 Å². The molecule has 0 aliphatic heterocycles. The van der Waals surface area contributed by atoms with Crippen LogP contribution in [0.3, 0.4) is 0 Å². The van der Waals surface area contributed by atoms with Gasteiger partial charge in [-0.1, -0.05) is 33.8 Å². The van der Waals surface area contributed by atoms with Gasteiger partial charge in [0, 0.05) is 24.2 Å². The average molecular weight is 378 g/mol. The summed E-state index contributed by atoms with van der Waals surface area (Å²) in [6, 6.07) is 6.20. The van der Waals surface area contributed by atoms with E-state index in [0.717, 1.165) is 6.42 Å². The standard InChI is InChI=1S/C16H27N3O3S.ClH/c1-12(2)11-16(3,4)15(20)19-13-6-5-7-14(10-13)23(21,22)18-9-8-17;/h5-7,10,12,18H,8-9,11,17H2,1-4H3,(H,19,20);1H. The molecule has 0 heterocycles. The van der Waals surface area contributed by atoms with Crippen molar-refractivity contribution in [3.05, 3.63) is 24.3 Å². The highest BCUT2D eigenvalue weighted by atomic mass is 35.5. The number of hydrogen-bond acceptors (Lipinski definition) is 4. The van der Waals surface area contributed by atoms with Crippen LogP contribution in [0, 0.1) is 11.3 Å². The quantitative estimate of drug-likeness (QED) is 0.647. The Morgan fingerprint density at radius 2 is 1.92 bits per heavy atom. The molecule has 0 aliphatic carbocycles. The number of anilines is 1. The van der Waals surface area contributed by atoms with Crippen molar-refractivity contribution in [2.45, 2.75) is 39.0 Å². The van der Waals surface area contributed by atoms with Crippen LogP contribution in [0.5, 0.6) is 0 Å².